The van der Waals surface area contributed by atoms with Crippen LogP contribution in [0.3, 0.4) is 0 Å². The van der Waals surface area contributed by atoms with Crippen LogP contribution in [0.25, 0.3) is 0 Å². The molecular formula is C21H33N3O2. The number of piperazine rings is 1. The van der Waals surface area contributed by atoms with Crippen molar-refractivity contribution in [1.29, 1.82) is 0 Å². The number of fused-ring (bicyclic) bond motifs is 1. The van der Waals surface area contributed by atoms with Crippen LogP contribution in [0.1, 0.15) is 31.7 Å². The van der Waals surface area contributed by atoms with Crippen LogP contribution in [-0.4, -0.2) is 83.1 Å². The zero-order valence-electron chi connectivity index (χ0n) is 16.1. The third kappa shape index (κ3) is 3.77. The van der Waals surface area contributed by atoms with Crippen molar-refractivity contribution in [2.24, 2.45) is 0 Å². The van der Waals surface area contributed by atoms with Crippen LogP contribution in [0.4, 0.5) is 5.69 Å². The van der Waals surface area contributed by atoms with Gasteiger partial charge in [0.05, 0.1) is 11.7 Å². The Kier molecular flexibility index (Phi) is 4.99. The Morgan fingerprint density at radius 1 is 1.08 bits per heavy atom. The molecule has 3 aliphatic rings. The van der Waals surface area contributed by atoms with Gasteiger partial charge in [-0.15, -0.1) is 0 Å². The van der Waals surface area contributed by atoms with Crippen molar-refractivity contribution in [2.45, 2.75) is 56.9 Å². The van der Waals surface area contributed by atoms with Gasteiger partial charge < -0.3 is 15.1 Å². The minimum absolute atomic E-state index is 0.173. The maximum absolute atomic E-state index is 11.2. The van der Waals surface area contributed by atoms with Crippen molar-refractivity contribution in [3.63, 3.8) is 0 Å². The molecule has 0 amide bonds. The fourth-order valence-corrected chi connectivity index (χ4v) is 4.97. The van der Waals surface area contributed by atoms with E-state index in [4.69, 9.17) is 0 Å². The van der Waals surface area contributed by atoms with Gasteiger partial charge >= 0.3 is 0 Å². The highest BCUT2D eigenvalue weighted by atomic mass is 16.3. The van der Waals surface area contributed by atoms with Crippen LogP contribution in [0.15, 0.2) is 24.3 Å². The molecule has 3 heterocycles. The van der Waals surface area contributed by atoms with Gasteiger partial charge in [0.15, 0.2) is 0 Å². The van der Waals surface area contributed by atoms with E-state index in [1.54, 1.807) is 0 Å². The largest absolute Gasteiger partial charge is 0.392 e. The van der Waals surface area contributed by atoms with Gasteiger partial charge in [-0.05, 0) is 45.2 Å². The Labute approximate surface area is 157 Å². The zero-order chi connectivity index (χ0) is 18.3. The smallest absolute Gasteiger partial charge is 0.0807 e. The minimum atomic E-state index is -0.588. The molecule has 3 fully saturated rings. The number of anilines is 1. The first-order chi connectivity index (χ1) is 12.4. The van der Waals surface area contributed by atoms with Crippen LogP contribution in [0.2, 0.25) is 0 Å². The van der Waals surface area contributed by atoms with E-state index in [2.05, 4.69) is 52.8 Å². The summed E-state index contributed by atoms with van der Waals surface area (Å²) in [5.41, 5.74) is 1.96. The lowest BCUT2D eigenvalue weighted by atomic mass is 9.89. The fourth-order valence-electron chi connectivity index (χ4n) is 4.97. The predicted octanol–water partition coefficient (Wildman–Crippen LogP) is 1.47. The minimum Gasteiger partial charge on any atom is -0.392 e. The first kappa shape index (κ1) is 18.2. The molecule has 144 valence electrons. The van der Waals surface area contributed by atoms with Crippen LogP contribution in [0, 0.1) is 6.92 Å². The second-order valence-electron chi connectivity index (χ2n) is 8.82. The van der Waals surface area contributed by atoms with E-state index >= 15 is 0 Å². The SMILES string of the molecule is Cc1ccc(N2CCC(O)(CN3C[C@H]4C[C@@H](O)CN4C[C@@H]3C)CC2)cc1. The molecule has 3 aliphatic heterocycles. The topological polar surface area (TPSA) is 50.2 Å². The molecule has 3 saturated heterocycles. The predicted molar refractivity (Wildman–Crippen MR) is 105 cm³/mol. The molecule has 0 bridgehead atoms. The number of β-amino-alcohol motifs (C(OH)–C–C–N with tert-alkyl or cyclic N) is 1. The number of aliphatic hydroxyl groups excluding tert-OH is 1. The Morgan fingerprint density at radius 3 is 2.46 bits per heavy atom. The van der Waals surface area contributed by atoms with Crippen LogP contribution < -0.4 is 4.90 Å². The van der Waals surface area contributed by atoms with Gasteiger partial charge in [-0.3, -0.25) is 9.80 Å². The van der Waals surface area contributed by atoms with Crippen molar-refractivity contribution in [2.75, 3.05) is 44.2 Å². The van der Waals surface area contributed by atoms with E-state index in [0.717, 1.165) is 58.5 Å². The molecule has 5 heteroatoms. The monoisotopic (exact) mass is 359 g/mol. The molecule has 0 radical (unpaired) electrons. The van der Waals surface area contributed by atoms with Gasteiger partial charge in [0, 0.05) is 57.0 Å². The van der Waals surface area contributed by atoms with E-state index in [-0.39, 0.29) is 6.10 Å². The summed E-state index contributed by atoms with van der Waals surface area (Å²) in [6, 6.07) is 9.59. The number of benzene rings is 1. The summed E-state index contributed by atoms with van der Waals surface area (Å²) in [7, 11) is 0. The normalized spacial score (nSPS) is 32.6. The zero-order valence-corrected chi connectivity index (χ0v) is 16.1. The van der Waals surface area contributed by atoms with E-state index in [9.17, 15) is 10.2 Å². The Morgan fingerprint density at radius 2 is 1.77 bits per heavy atom. The van der Waals surface area contributed by atoms with Crippen molar-refractivity contribution < 1.29 is 10.2 Å². The van der Waals surface area contributed by atoms with Crippen LogP contribution in [-0.2, 0) is 0 Å². The fraction of sp³-hybridized carbons (Fsp3) is 0.714. The Hall–Kier alpha value is -1.14. The molecule has 26 heavy (non-hydrogen) atoms. The second kappa shape index (κ2) is 7.12. The number of aryl methyl sites for hydroxylation is 1. The average molecular weight is 360 g/mol. The summed E-state index contributed by atoms with van der Waals surface area (Å²) in [6.07, 6.45) is 2.35. The third-order valence-corrected chi connectivity index (χ3v) is 6.66. The number of hydrogen-bond acceptors (Lipinski definition) is 5. The van der Waals surface area contributed by atoms with Gasteiger partial charge in [-0.25, -0.2) is 0 Å². The molecule has 0 unspecified atom stereocenters. The number of aliphatic hydroxyl groups is 2. The number of hydrogen-bond donors (Lipinski definition) is 2. The highest BCUT2D eigenvalue weighted by Gasteiger charge is 2.41. The van der Waals surface area contributed by atoms with Gasteiger partial charge in [0.2, 0.25) is 0 Å². The van der Waals surface area contributed by atoms with Gasteiger partial charge in [-0.2, -0.15) is 0 Å². The van der Waals surface area contributed by atoms with E-state index < -0.39 is 5.60 Å². The second-order valence-corrected chi connectivity index (χ2v) is 8.82. The summed E-state index contributed by atoms with van der Waals surface area (Å²) in [5, 5.41) is 21.2. The summed E-state index contributed by atoms with van der Waals surface area (Å²) < 4.78 is 0. The first-order valence-electron chi connectivity index (χ1n) is 10.1. The van der Waals surface area contributed by atoms with Gasteiger partial charge in [0.25, 0.3) is 0 Å². The van der Waals surface area contributed by atoms with Crippen molar-refractivity contribution in [1.82, 2.24) is 9.80 Å². The molecule has 0 aromatic heterocycles. The third-order valence-electron chi connectivity index (χ3n) is 6.66. The molecule has 1 aromatic rings. The van der Waals surface area contributed by atoms with E-state index in [0.29, 0.717) is 12.1 Å². The van der Waals surface area contributed by atoms with Gasteiger partial charge in [0.1, 0.15) is 0 Å². The van der Waals surface area contributed by atoms with Crippen LogP contribution in [0.5, 0.6) is 0 Å². The average Bonchev–Trinajstić information content (AvgIpc) is 2.95. The van der Waals surface area contributed by atoms with E-state index in [1.807, 2.05) is 0 Å². The molecule has 1 aromatic carbocycles. The standard InChI is InChI=1S/C21H33N3O2/c1-16-3-5-18(6-4-16)22-9-7-21(26,8-10-22)15-24-13-19-11-20(25)14-23(19)12-17(24)2/h3-6,17,19-20,25-26H,7-15H2,1-2H3/t17-,19+,20+/m0/s1. The number of nitrogens with zero attached hydrogens (tertiary/aromatic N) is 3. The Balaban J connectivity index is 1.34. The lowest BCUT2D eigenvalue weighted by molar-refractivity contribution is -0.0472. The van der Waals surface area contributed by atoms with Crippen molar-refractivity contribution >= 4 is 5.69 Å². The van der Waals surface area contributed by atoms with Crippen LogP contribution >= 0.6 is 0 Å². The summed E-state index contributed by atoms with van der Waals surface area (Å²) in [6.45, 7) is 9.76. The molecule has 0 aliphatic carbocycles. The summed E-state index contributed by atoms with van der Waals surface area (Å²) >= 11 is 0. The molecule has 3 atom stereocenters. The maximum Gasteiger partial charge on any atom is 0.0807 e. The first-order valence-corrected chi connectivity index (χ1v) is 10.1. The molecule has 4 rings (SSSR count). The highest BCUT2D eigenvalue weighted by Crippen LogP contribution is 2.31. The van der Waals surface area contributed by atoms with Crippen molar-refractivity contribution in [3.05, 3.63) is 29.8 Å². The molecule has 5 nitrogen and oxygen atoms in total. The quantitative estimate of drug-likeness (QED) is 0.856. The van der Waals surface area contributed by atoms with E-state index in [1.165, 1.54) is 11.3 Å². The molecule has 0 saturated carbocycles. The lowest BCUT2D eigenvalue weighted by Crippen LogP contribution is -2.60. The molecular weight excluding hydrogens is 326 g/mol. The number of piperidine rings is 1. The molecule has 2 N–H and O–H groups in total. The highest BCUT2D eigenvalue weighted by molar-refractivity contribution is 5.48. The lowest BCUT2D eigenvalue weighted by Gasteiger charge is -2.47. The van der Waals surface area contributed by atoms with Crippen molar-refractivity contribution in [3.8, 4) is 0 Å². The summed E-state index contributed by atoms with van der Waals surface area (Å²) in [4.78, 5) is 7.28. The summed E-state index contributed by atoms with van der Waals surface area (Å²) in [5.74, 6) is 0. The Bertz CT molecular complexity index is 612. The van der Waals surface area contributed by atoms with Gasteiger partial charge in [-0.1, -0.05) is 17.7 Å². The number of rotatable bonds is 3. The molecule has 0 spiro atoms. The maximum atomic E-state index is 11.2.